The molecule has 1 aromatic carbocycles. The van der Waals surface area contributed by atoms with Crippen molar-refractivity contribution in [2.24, 2.45) is 0 Å². The summed E-state index contributed by atoms with van der Waals surface area (Å²) in [6.45, 7) is 0. The molecular weight excluding hydrogens is 240 g/mol. The van der Waals surface area contributed by atoms with Crippen LogP contribution in [-0.2, 0) is 9.05 Å². The maximum Gasteiger partial charge on any atom is 0.278 e. The summed E-state index contributed by atoms with van der Waals surface area (Å²) in [7, 11) is 2.91. The molecule has 1 heterocycles. The summed E-state index contributed by atoms with van der Waals surface area (Å²) < 4.78 is 27.4. The second-order valence-corrected chi connectivity index (χ2v) is 5.35. The molecule has 0 saturated carbocycles. The molecule has 0 spiro atoms. The Hall–Kier alpha value is -1.27. The van der Waals surface area contributed by atoms with Crippen molar-refractivity contribution >= 4 is 30.6 Å². The van der Waals surface area contributed by atoms with Crippen molar-refractivity contribution in [1.29, 1.82) is 0 Å². The lowest BCUT2D eigenvalue weighted by Crippen LogP contribution is -1.91. The highest BCUT2D eigenvalue weighted by Crippen LogP contribution is 2.28. The van der Waals surface area contributed by atoms with Gasteiger partial charge in [0, 0.05) is 16.1 Å². The molecule has 0 bridgehead atoms. The number of rotatable bonds is 2. The SMILES string of the molecule is COc1cccc2c(S(=O)(=O)Cl)[nH]nc12. The van der Waals surface area contributed by atoms with Crippen molar-refractivity contribution in [3.8, 4) is 5.75 Å². The summed E-state index contributed by atoms with van der Waals surface area (Å²) in [5, 5.41) is 6.53. The zero-order chi connectivity index (χ0) is 11.1. The van der Waals surface area contributed by atoms with Crippen molar-refractivity contribution in [1.82, 2.24) is 10.2 Å². The van der Waals surface area contributed by atoms with Gasteiger partial charge in [-0.2, -0.15) is 5.10 Å². The predicted molar refractivity (Wildman–Crippen MR) is 55.7 cm³/mol. The largest absolute Gasteiger partial charge is 0.494 e. The van der Waals surface area contributed by atoms with E-state index < -0.39 is 9.05 Å². The Morgan fingerprint density at radius 1 is 1.47 bits per heavy atom. The van der Waals surface area contributed by atoms with Gasteiger partial charge in [-0.05, 0) is 12.1 Å². The van der Waals surface area contributed by atoms with Gasteiger partial charge in [0.1, 0.15) is 11.3 Å². The number of nitrogens with one attached hydrogen (secondary N) is 1. The third kappa shape index (κ3) is 1.66. The smallest absolute Gasteiger partial charge is 0.278 e. The molecular formula is C8H7ClN2O3S. The van der Waals surface area contributed by atoms with Gasteiger partial charge in [0.15, 0.2) is 5.03 Å². The van der Waals surface area contributed by atoms with E-state index in [0.717, 1.165) is 0 Å². The Labute approximate surface area is 90.4 Å². The molecule has 15 heavy (non-hydrogen) atoms. The van der Waals surface area contributed by atoms with Gasteiger partial charge in [0.05, 0.1) is 7.11 Å². The fourth-order valence-corrected chi connectivity index (χ4v) is 2.27. The first-order chi connectivity index (χ1) is 7.04. The van der Waals surface area contributed by atoms with Crippen LogP contribution in [0.15, 0.2) is 23.2 Å². The molecule has 0 saturated heterocycles. The monoisotopic (exact) mass is 246 g/mol. The zero-order valence-electron chi connectivity index (χ0n) is 7.69. The van der Waals surface area contributed by atoms with Gasteiger partial charge in [-0.3, -0.25) is 5.10 Å². The number of H-pyrrole nitrogens is 1. The first-order valence-corrected chi connectivity index (χ1v) is 6.30. The second-order valence-electron chi connectivity index (χ2n) is 2.85. The molecule has 0 aliphatic heterocycles. The molecule has 0 atom stereocenters. The van der Waals surface area contributed by atoms with Crippen LogP contribution in [0.5, 0.6) is 5.75 Å². The number of hydrogen-bond donors (Lipinski definition) is 1. The van der Waals surface area contributed by atoms with Crippen LogP contribution in [0.2, 0.25) is 0 Å². The van der Waals surface area contributed by atoms with Crippen molar-refractivity contribution in [2.75, 3.05) is 7.11 Å². The maximum absolute atomic E-state index is 11.2. The van der Waals surface area contributed by atoms with Gasteiger partial charge in [0.25, 0.3) is 9.05 Å². The summed E-state index contributed by atoms with van der Waals surface area (Å²) in [5.74, 6) is 0.496. The van der Waals surface area contributed by atoms with Crippen LogP contribution in [0.4, 0.5) is 0 Å². The van der Waals surface area contributed by atoms with E-state index in [2.05, 4.69) is 10.2 Å². The van der Waals surface area contributed by atoms with Crippen LogP contribution >= 0.6 is 10.7 Å². The van der Waals surface area contributed by atoms with Crippen LogP contribution in [0, 0.1) is 0 Å². The van der Waals surface area contributed by atoms with Gasteiger partial charge in [-0.1, -0.05) is 6.07 Å². The van der Waals surface area contributed by atoms with Crippen LogP contribution < -0.4 is 4.74 Å². The van der Waals surface area contributed by atoms with Crippen molar-refractivity contribution in [3.63, 3.8) is 0 Å². The van der Waals surface area contributed by atoms with Gasteiger partial charge >= 0.3 is 0 Å². The Kier molecular flexibility index (Phi) is 2.32. The average molecular weight is 247 g/mol. The number of aromatic amines is 1. The molecule has 0 aliphatic rings. The summed E-state index contributed by atoms with van der Waals surface area (Å²) in [5.41, 5.74) is 0.444. The average Bonchev–Trinajstić information content (AvgIpc) is 2.59. The molecule has 1 aromatic heterocycles. The number of para-hydroxylation sites is 1. The highest BCUT2D eigenvalue weighted by molar-refractivity contribution is 8.13. The van der Waals surface area contributed by atoms with Crippen LogP contribution in [-0.4, -0.2) is 25.7 Å². The standard InChI is InChI=1S/C8H7ClN2O3S/c1-14-6-4-2-3-5-7(6)10-11-8(5)15(9,12)13/h2-4H,1H3,(H,10,11). The third-order valence-corrected chi connectivity index (χ3v) is 3.24. The summed E-state index contributed by atoms with van der Waals surface area (Å²) in [6, 6.07) is 4.96. The maximum atomic E-state index is 11.2. The predicted octanol–water partition coefficient (Wildman–Crippen LogP) is 1.50. The lowest BCUT2D eigenvalue weighted by atomic mass is 10.2. The Morgan fingerprint density at radius 3 is 2.80 bits per heavy atom. The number of benzene rings is 1. The molecule has 0 unspecified atom stereocenters. The number of hydrogen-bond acceptors (Lipinski definition) is 4. The van der Waals surface area contributed by atoms with E-state index in [-0.39, 0.29) is 5.03 Å². The number of halogens is 1. The molecule has 0 amide bonds. The van der Waals surface area contributed by atoms with E-state index in [0.29, 0.717) is 16.7 Å². The van der Waals surface area contributed by atoms with Gasteiger partial charge < -0.3 is 4.74 Å². The number of nitrogens with zero attached hydrogens (tertiary/aromatic N) is 1. The normalized spacial score (nSPS) is 11.9. The lowest BCUT2D eigenvalue weighted by molar-refractivity contribution is 0.419. The summed E-state index contributed by atoms with van der Waals surface area (Å²) >= 11 is 0. The summed E-state index contributed by atoms with van der Waals surface area (Å²) in [6.07, 6.45) is 0. The van der Waals surface area contributed by atoms with Crippen molar-refractivity contribution in [3.05, 3.63) is 18.2 Å². The molecule has 80 valence electrons. The molecule has 0 aliphatic carbocycles. The molecule has 0 fully saturated rings. The minimum absolute atomic E-state index is 0.113. The Bertz CT molecular complexity index is 605. The number of aromatic nitrogens is 2. The highest BCUT2D eigenvalue weighted by atomic mass is 35.7. The van der Waals surface area contributed by atoms with E-state index in [9.17, 15) is 8.42 Å². The topological polar surface area (TPSA) is 72.1 Å². The lowest BCUT2D eigenvalue weighted by Gasteiger charge is -1.98. The number of ether oxygens (including phenoxy) is 1. The minimum Gasteiger partial charge on any atom is -0.494 e. The molecule has 0 radical (unpaired) electrons. The minimum atomic E-state index is -3.81. The third-order valence-electron chi connectivity index (χ3n) is 1.98. The van der Waals surface area contributed by atoms with Gasteiger partial charge in [-0.25, -0.2) is 8.42 Å². The first kappa shape index (κ1) is 10.3. The number of fused-ring (bicyclic) bond motifs is 1. The van der Waals surface area contributed by atoms with E-state index >= 15 is 0 Å². The molecule has 7 heteroatoms. The van der Waals surface area contributed by atoms with E-state index in [1.54, 1.807) is 18.2 Å². The van der Waals surface area contributed by atoms with Crippen LogP contribution in [0.25, 0.3) is 10.9 Å². The van der Waals surface area contributed by atoms with Crippen LogP contribution in [0.3, 0.4) is 0 Å². The molecule has 2 aromatic rings. The van der Waals surface area contributed by atoms with Crippen LogP contribution in [0.1, 0.15) is 0 Å². The van der Waals surface area contributed by atoms with Gasteiger partial charge in [-0.15, -0.1) is 0 Å². The summed E-state index contributed by atoms with van der Waals surface area (Å²) in [4.78, 5) is 0. The van der Waals surface area contributed by atoms with Crippen molar-refractivity contribution < 1.29 is 13.2 Å². The highest BCUT2D eigenvalue weighted by Gasteiger charge is 2.18. The fourth-order valence-electron chi connectivity index (χ4n) is 1.34. The van der Waals surface area contributed by atoms with Crippen molar-refractivity contribution in [2.45, 2.75) is 5.03 Å². The van der Waals surface area contributed by atoms with Gasteiger partial charge in [0.2, 0.25) is 0 Å². The van der Waals surface area contributed by atoms with E-state index in [1.807, 2.05) is 0 Å². The fraction of sp³-hybridized carbons (Fsp3) is 0.125. The van der Waals surface area contributed by atoms with E-state index in [4.69, 9.17) is 15.4 Å². The Morgan fingerprint density at radius 2 is 2.20 bits per heavy atom. The van der Waals surface area contributed by atoms with E-state index in [1.165, 1.54) is 7.11 Å². The second kappa shape index (κ2) is 3.39. The zero-order valence-corrected chi connectivity index (χ0v) is 9.26. The molecule has 2 rings (SSSR count). The number of methoxy groups -OCH3 is 1. The molecule has 1 N–H and O–H groups in total. The quantitative estimate of drug-likeness (QED) is 0.815. The Balaban J connectivity index is 2.83. The first-order valence-electron chi connectivity index (χ1n) is 4.00. The molecule has 5 nitrogen and oxygen atoms in total.